The molecular formula is C6H11N5O2S. The van der Waals surface area contributed by atoms with Crippen LogP contribution in [-0.2, 0) is 4.79 Å². The van der Waals surface area contributed by atoms with Crippen molar-refractivity contribution in [2.24, 2.45) is 0 Å². The van der Waals surface area contributed by atoms with Crippen molar-refractivity contribution < 1.29 is 9.59 Å². The first kappa shape index (κ1) is 9.71. The van der Waals surface area contributed by atoms with Gasteiger partial charge in [-0.15, -0.1) is 11.8 Å². The van der Waals surface area contributed by atoms with Crippen molar-refractivity contribution in [1.29, 1.82) is 0 Å². The third kappa shape index (κ3) is 1.69. The first-order valence-electron chi connectivity index (χ1n) is 4.12. The Morgan fingerprint density at radius 2 is 2.07 bits per heavy atom. The van der Waals surface area contributed by atoms with Crippen molar-refractivity contribution in [3.63, 3.8) is 0 Å². The molecule has 3 atom stereocenters. The second kappa shape index (κ2) is 3.73. The Balaban J connectivity index is 2.06. The molecule has 0 radical (unpaired) electrons. The summed E-state index contributed by atoms with van der Waals surface area (Å²) in [6.07, 6.45) is 1.55. The van der Waals surface area contributed by atoms with E-state index in [1.165, 1.54) is 11.8 Å². The van der Waals surface area contributed by atoms with Gasteiger partial charge < -0.3 is 5.32 Å². The minimum Gasteiger partial charge on any atom is -0.320 e. The molecule has 0 aromatic carbocycles. The van der Waals surface area contributed by atoms with Crippen LogP contribution in [0.4, 0.5) is 4.79 Å². The van der Waals surface area contributed by atoms with E-state index in [9.17, 15) is 9.59 Å². The lowest BCUT2D eigenvalue weighted by molar-refractivity contribution is -0.125. The number of hydrogen-bond acceptors (Lipinski definition) is 6. The Kier molecular flexibility index (Phi) is 2.59. The number of carbonyl (C=O) groups excluding carboxylic acids is 2. The Bertz CT molecular complexity index is 273. The Labute approximate surface area is 84.7 Å². The van der Waals surface area contributed by atoms with Crippen LogP contribution in [0, 0.1) is 0 Å². The molecule has 0 aromatic rings. The molecule has 2 aliphatic heterocycles. The number of thioether (sulfide) groups is 1. The van der Waals surface area contributed by atoms with Gasteiger partial charge in [-0.25, -0.2) is 15.6 Å². The van der Waals surface area contributed by atoms with Crippen molar-refractivity contribution in [3.05, 3.63) is 0 Å². The lowest BCUT2D eigenvalue weighted by atomic mass is 10.2. The van der Waals surface area contributed by atoms with Crippen molar-refractivity contribution in [1.82, 2.24) is 26.8 Å². The normalized spacial score (nSPS) is 37.1. The minimum absolute atomic E-state index is 0.0255. The quantitative estimate of drug-likeness (QED) is 0.344. The lowest BCUT2D eigenvalue weighted by Crippen LogP contribution is -2.78. The SMILES string of the molecule is CSC1NNC2C(=O)NC(=O)NC2N1. The zero-order valence-electron chi connectivity index (χ0n) is 7.46. The number of nitrogens with one attached hydrogen (secondary N) is 5. The summed E-state index contributed by atoms with van der Waals surface area (Å²) in [6, 6.07) is -0.941. The molecule has 2 fully saturated rings. The molecule has 0 aliphatic carbocycles. The maximum atomic E-state index is 11.3. The molecular weight excluding hydrogens is 206 g/mol. The summed E-state index contributed by atoms with van der Waals surface area (Å²) in [5, 5.41) is 7.85. The van der Waals surface area contributed by atoms with Crippen LogP contribution in [-0.4, -0.2) is 35.9 Å². The van der Waals surface area contributed by atoms with E-state index in [4.69, 9.17) is 0 Å². The van der Waals surface area contributed by atoms with Crippen LogP contribution in [0.25, 0.3) is 0 Å². The summed E-state index contributed by atoms with van der Waals surface area (Å²) < 4.78 is 0. The third-order valence-electron chi connectivity index (χ3n) is 2.08. The van der Waals surface area contributed by atoms with Crippen molar-refractivity contribution in [3.8, 4) is 0 Å². The van der Waals surface area contributed by atoms with Gasteiger partial charge in [0.15, 0.2) is 0 Å². The van der Waals surface area contributed by atoms with Gasteiger partial charge in [-0.1, -0.05) is 0 Å². The van der Waals surface area contributed by atoms with Gasteiger partial charge >= 0.3 is 6.03 Å². The summed E-state index contributed by atoms with van der Waals surface area (Å²) in [5.41, 5.74) is 5.71. The fourth-order valence-corrected chi connectivity index (χ4v) is 1.85. The van der Waals surface area contributed by atoms with E-state index in [1.807, 2.05) is 6.26 Å². The van der Waals surface area contributed by atoms with Gasteiger partial charge in [-0.05, 0) is 6.26 Å². The van der Waals surface area contributed by atoms with E-state index in [1.54, 1.807) is 0 Å². The predicted molar refractivity (Wildman–Crippen MR) is 51.0 cm³/mol. The maximum Gasteiger partial charge on any atom is 0.322 e. The lowest BCUT2D eigenvalue weighted by Gasteiger charge is -2.39. The van der Waals surface area contributed by atoms with Crippen LogP contribution in [0.5, 0.6) is 0 Å². The summed E-state index contributed by atoms with van der Waals surface area (Å²) in [7, 11) is 0. The van der Waals surface area contributed by atoms with E-state index in [0.29, 0.717) is 0 Å². The highest BCUT2D eigenvalue weighted by Gasteiger charge is 2.39. The zero-order chi connectivity index (χ0) is 10.1. The average Bonchev–Trinajstić information content (AvgIpc) is 2.16. The molecule has 0 spiro atoms. The highest BCUT2D eigenvalue weighted by atomic mass is 32.2. The van der Waals surface area contributed by atoms with Gasteiger partial charge in [-0.2, -0.15) is 0 Å². The molecule has 3 unspecified atom stereocenters. The maximum absolute atomic E-state index is 11.3. The molecule has 0 saturated carbocycles. The number of rotatable bonds is 1. The molecule has 8 heteroatoms. The molecule has 78 valence electrons. The van der Waals surface area contributed by atoms with Crippen molar-refractivity contribution in [2.45, 2.75) is 17.7 Å². The molecule has 2 saturated heterocycles. The van der Waals surface area contributed by atoms with Gasteiger partial charge in [0.1, 0.15) is 17.7 Å². The highest BCUT2D eigenvalue weighted by Crippen LogP contribution is 2.07. The van der Waals surface area contributed by atoms with Crippen LogP contribution in [0.2, 0.25) is 0 Å². The van der Waals surface area contributed by atoms with E-state index in [-0.39, 0.29) is 17.6 Å². The van der Waals surface area contributed by atoms with Gasteiger partial charge in [0.05, 0.1) is 0 Å². The molecule has 0 bridgehead atoms. The summed E-state index contributed by atoms with van der Waals surface area (Å²) in [6.45, 7) is 0. The molecule has 5 N–H and O–H groups in total. The first-order valence-corrected chi connectivity index (χ1v) is 5.41. The average molecular weight is 217 g/mol. The molecule has 7 nitrogen and oxygen atoms in total. The topological polar surface area (TPSA) is 94.3 Å². The highest BCUT2D eigenvalue weighted by molar-refractivity contribution is 7.99. The van der Waals surface area contributed by atoms with Gasteiger partial charge in [0.2, 0.25) is 5.91 Å². The summed E-state index contributed by atoms with van der Waals surface area (Å²) in [4.78, 5) is 22.3. The van der Waals surface area contributed by atoms with Crippen LogP contribution < -0.4 is 26.8 Å². The number of amides is 3. The van der Waals surface area contributed by atoms with Crippen LogP contribution in [0.3, 0.4) is 0 Å². The summed E-state index contributed by atoms with van der Waals surface area (Å²) in [5.74, 6) is -0.335. The summed E-state index contributed by atoms with van der Waals surface area (Å²) >= 11 is 1.54. The molecule has 2 rings (SSSR count). The molecule has 14 heavy (non-hydrogen) atoms. The minimum atomic E-state index is -0.476. The van der Waals surface area contributed by atoms with Crippen LogP contribution in [0.15, 0.2) is 0 Å². The van der Waals surface area contributed by atoms with Crippen LogP contribution >= 0.6 is 11.8 Å². The number of urea groups is 1. The predicted octanol–water partition coefficient (Wildman–Crippen LogP) is -2.14. The smallest absolute Gasteiger partial charge is 0.320 e. The number of imide groups is 1. The zero-order valence-corrected chi connectivity index (χ0v) is 8.27. The molecule has 3 amide bonds. The van der Waals surface area contributed by atoms with Gasteiger partial charge in [0.25, 0.3) is 0 Å². The van der Waals surface area contributed by atoms with Gasteiger partial charge in [-0.3, -0.25) is 15.4 Å². The van der Waals surface area contributed by atoms with E-state index >= 15 is 0 Å². The Morgan fingerprint density at radius 3 is 2.79 bits per heavy atom. The number of hydrogen-bond donors (Lipinski definition) is 5. The van der Waals surface area contributed by atoms with E-state index in [2.05, 4.69) is 26.8 Å². The van der Waals surface area contributed by atoms with Crippen molar-refractivity contribution in [2.75, 3.05) is 6.26 Å². The fraction of sp³-hybridized carbons (Fsp3) is 0.667. The largest absolute Gasteiger partial charge is 0.322 e. The second-order valence-corrected chi connectivity index (χ2v) is 3.93. The van der Waals surface area contributed by atoms with Gasteiger partial charge in [0, 0.05) is 0 Å². The second-order valence-electron chi connectivity index (χ2n) is 2.99. The van der Waals surface area contributed by atoms with Crippen LogP contribution in [0.1, 0.15) is 0 Å². The number of fused-ring (bicyclic) bond motifs is 1. The Hall–Kier alpha value is -0.830. The standard InChI is InChI=1S/C6H11N5O2S/c1-14-6-8-3-2(10-11-6)4(12)9-5(13)7-3/h2-3,6,8,10-11H,1H3,(H2,7,9,12,13). The number of hydrazine groups is 1. The fourth-order valence-electron chi connectivity index (χ4n) is 1.39. The molecule has 2 aliphatic rings. The number of carbonyl (C=O) groups is 2. The molecule has 0 aromatic heterocycles. The third-order valence-corrected chi connectivity index (χ3v) is 2.80. The molecule has 2 heterocycles. The van der Waals surface area contributed by atoms with E-state index < -0.39 is 12.1 Å². The van der Waals surface area contributed by atoms with E-state index in [0.717, 1.165) is 0 Å². The Morgan fingerprint density at radius 1 is 1.29 bits per heavy atom. The van der Waals surface area contributed by atoms with Crippen molar-refractivity contribution >= 4 is 23.7 Å². The monoisotopic (exact) mass is 217 g/mol. The first-order chi connectivity index (χ1) is 6.70.